The van der Waals surface area contributed by atoms with Gasteiger partial charge >= 0.3 is 0 Å². The average molecular weight is 342 g/mol. The van der Waals surface area contributed by atoms with E-state index >= 15 is 0 Å². The van der Waals surface area contributed by atoms with Crippen molar-refractivity contribution >= 4 is 28.6 Å². The second-order valence-corrected chi connectivity index (χ2v) is 7.04. The van der Waals surface area contributed by atoms with Gasteiger partial charge in [-0.3, -0.25) is 4.98 Å². The molecule has 2 aromatic carbocycles. The molecule has 2 nitrogen and oxygen atoms in total. The third kappa shape index (κ3) is 3.50. The van der Waals surface area contributed by atoms with Crippen LogP contribution in [0.4, 0.5) is 5.69 Å². The number of fused-ring (bicyclic) bond motifs is 1. The highest BCUT2D eigenvalue weighted by Crippen LogP contribution is 2.26. The van der Waals surface area contributed by atoms with Crippen LogP contribution in [0, 0.1) is 0 Å². The fourth-order valence-electron chi connectivity index (χ4n) is 3.85. The minimum atomic E-state index is 1.03. The molecule has 3 aromatic rings. The summed E-state index contributed by atoms with van der Waals surface area (Å²) in [5, 5.41) is 2.56. The highest BCUT2D eigenvalue weighted by molar-refractivity contribution is 5.92. The van der Waals surface area contributed by atoms with Crippen molar-refractivity contribution in [3.05, 3.63) is 71.5 Å². The van der Waals surface area contributed by atoms with Crippen LogP contribution in [0.1, 0.15) is 43.0 Å². The molecule has 2 heterocycles. The van der Waals surface area contributed by atoms with Gasteiger partial charge in [0.25, 0.3) is 0 Å². The first-order chi connectivity index (χ1) is 12.8. The summed E-state index contributed by atoms with van der Waals surface area (Å²) in [7, 11) is 0. The molecule has 1 aliphatic heterocycles. The van der Waals surface area contributed by atoms with Gasteiger partial charge in [-0.15, -0.1) is 0 Å². The summed E-state index contributed by atoms with van der Waals surface area (Å²) < 4.78 is 0. The van der Waals surface area contributed by atoms with Crippen LogP contribution in [0.3, 0.4) is 0 Å². The first-order valence-electron chi connectivity index (χ1n) is 9.75. The van der Waals surface area contributed by atoms with E-state index in [1.807, 2.05) is 0 Å². The molecule has 0 saturated carbocycles. The molecule has 1 aromatic heterocycles. The maximum atomic E-state index is 4.69. The number of pyridine rings is 1. The van der Waals surface area contributed by atoms with Gasteiger partial charge in [0.2, 0.25) is 0 Å². The van der Waals surface area contributed by atoms with Crippen LogP contribution in [0.2, 0.25) is 0 Å². The number of hydrogen-bond donors (Lipinski definition) is 0. The Bertz CT molecular complexity index is 915. The standard InChI is InChI=1S/C24H26N2/c1-2-19-18-25-22(17-24(19)26-15-6-3-7-16-26)14-13-21-11-8-10-20-9-4-5-12-23(20)21/h4-5,8-14,17-18H,2-3,6-7,15-16H2,1H3/b14-13-. The van der Waals surface area contributed by atoms with Gasteiger partial charge < -0.3 is 4.90 Å². The summed E-state index contributed by atoms with van der Waals surface area (Å²) in [6.07, 6.45) is 11.4. The zero-order chi connectivity index (χ0) is 17.8. The third-order valence-electron chi connectivity index (χ3n) is 5.32. The van der Waals surface area contributed by atoms with Gasteiger partial charge in [-0.05, 0) is 59.7 Å². The maximum Gasteiger partial charge on any atom is 0.0650 e. The molecule has 0 unspecified atom stereocenters. The Balaban J connectivity index is 1.66. The average Bonchev–Trinajstić information content (AvgIpc) is 2.72. The van der Waals surface area contributed by atoms with Gasteiger partial charge in [0.1, 0.15) is 0 Å². The quantitative estimate of drug-likeness (QED) is 0.582. The molecule has 1 fully saturated rings. The van der Waals surface area contributed by atoms with Crippen molar-refractivity contribution in [1.29, 1.82) is 0 Å². The number of piperidine rings is 1. The first kappa shape index (κ1) is 16.8. The van der Waals surface area contributed by atoms with Crippen molar-refractivity contribution in [2.24, 2.45) is 0 Å². The van der Waals surface area contributed by atoms with Crippen LogP contribution in [-0.4, -0.2) is 18.1 Å². The third-order valence-corrected chi connectivity index (χ3v) is 5.32. The van der Waals surface area contributed by atoms with E-state index < -0.39 is 0 Å². The minimum absolute atomic E-state index is 1.03. The minimum Gasteiger partial charge on any atom is -0.371 e. The summed E-state index contributed by atoms with van der Waals surface area (Å²) in [6.45, 7) is 4.56. The monoisotopic (exact) mass is 342 g/mol. The van der Waals surface area contributed by atoms with E-state index in [0.717, 1.165) is 12.1 Å². The topological polar surface area (TPSA) is 16.1 Å². The predicted octanol–water partition coefficient (Wildman–Crippen LogP) is 5.96. The van der Waals surface area contributed by atoms with Gasteiger partial charge in [0.05, 0.1) is 5.69 Å². The van der Waals surface area contributed by atoms with Crippen LogP contribution < -0.4 is 4.90 Å². The Morgan fingerprint density at radius 1 is 0.962 bits per heavy atom. The van der Waals surface area contributed by atoms with Crippen molar-refractivity contribution in [2.45, 2.75) is 32.6 Å². The Hall–Kier alpha value is -2.61. The number of aryl methyl sites for hydroxylation is 1. The molecule has 0 aliphatic carbocycles. The van der Waals surface area contributed by atoms with Gasteiger partial charge in [0, 0.05) is 25.0 Å². The molecule has 1 aliphatic rings. The lowest BCUT2D eigenvalue weighted by molar-refractivity contribution is 0.576. The van der Waals surface area contributed by atoms with E-state index in [9.17, 15) is 0 Å². The summed E-state index contributed by atoms with van der Waals surface area (Å²) in [6, 6.07) is 17.3. The van der Waals surface area contributed by atoms with Gasteiger partial charge in [-0.25, -0.2) is 0 Å². The normalized spacial score (nSPS) is 15.0. The van der Waals surface area contributed by atoms with Crippen LogP contribution in [0.25, 0.3) is 22.9 Å². The van der Waals surface area contributed by atoms with Crippen LogP contribution >= 0.6 is 0 Å². The number of nitrogens with zero attached hydrogens (tertiary/aromatic N) is 2. The fourth-order valence-corrected chi connectivity index (χ4v) is 3.85. The van der Waals surface area contributed by atoms with E-state index in [1.54, 1.807) is 0 Å². The zero-order valence-corrected chi connectivity index (χ0v) is 15.5. The molecule has 0 N–H and O–H groups in total. The number of anilines is 1. The Kier molecular flexibility index (Phi) is 5.01. The maximum absolute atomic E-state index is 4.69. The van der Waals surface area contributed by atoms with Crippen LogP contribution in [-0.2, 0) is 6.42 Å². The molecule has 2 heteroatoms. The van der Waals surface area contributed by atoms with Crippen molar-refractivity contribution < 1.29 is 0 Å². The highest BCUT2D eigenvalue weighted by atomic mass is 15.1. The summed E-state index contributed by atoms with van der Waals surface area (Å²) in [5.41, 5.74) is 5.01. The largest absolute Gasteiger partial charge is 0.371 e. The lowest BCUT2D eigenvalue weighted by atomic mass is 10.0. The van der Waals surface area contributed by atoms with E-state index in [0.29, 0.717) is 0 Å². The van der Waals surface area contributed by atoms with E-state index in [4.69, 9.17) is 0 Å². The van der Waals surface area contributed by atoms with Crippen molar-refractivity contribution in [3.8, 4) is 0 Å². The van der Waals surface area contributed by atoms with Gasteiger partial charge in [-0.2, -0.15) is 0 Å². The van der Waals surface area contributed by atoms with Crippen LogP contribution in [0.5, 0.6) is 0 Å². The highest BCUT2D eigenvalue weighted by Gasteiger charge is 2.14. The van der Waals surface area contributed by atoms with E-state index in [-0.39, 0.29) is 0 Å². The lowest BCUT2D eigenvalue weighted by Crippen LogP contribution is -2.30. The molecule has 4 rings (SSSR count). The molecule has 26 heavy (non-hydrogen) atoms. The summed E-state index contributed by atoms with van der Waals surface area (Å²) in [4.78, 5) is 7.23. The number of aromatic nitrogens is 1. The van der Waals surface area contributed by atoms with Crippen molar-refractivity contribution in [3.63, 3.8) is 0 Å². The van der Waals surface area contributed by atoms with Crippen LogP contribution in [0.15, 0.2) is 54.7 Å². The molecule has 0 radical (unpaired) electrons. The molecular formula is C24H26N2. The Morgan fingerprint density at radius 3 is 2.62 bits per heavy atom. The molecule has 132 valence electrons. The smallest absolute Gasteiger partial charge is 0.0650 e. The molecule has 0 atom stereocenters. The molecule has 0 amide bonds. The summed E-state index contributed by atoms with van der Waals surface area (Å²) in [5.74, 6) is 0. The Labute approximate surface area is 156 Å². The van der Waals surface area contributed by atoms with E-state index in [1.165, 1.54) is 59.9 Å². The second-order valence-electron chi connectivity index (χ2n) is 7.04. The molecular weight excluding hydrogens is 316 g/mol. The zero-order valence-electron chi connectivity index (χ0n) is 15.5. The summed E-state index contributed by atoms with van der Waals surface area (Å²) >= 11 is 0. The fraction of sp³-hybridized carbons (Fsp3) is 0.292. The molecule has 0 bridgehead atoms. The van der Waals surface area contributed by atoms with Gasteiger partial charge in [0.15, 0.2) is 0 Å². The first-order valence-corrected chi connectivity index (χ1v) is 9.75. The predicted molar refractivity (Wildman–Crippen MR) is 113 cm³/mol. The second kappa shape index (κ2) is 7.74. The molecule has 0 spiro atoms. The number of rotatable bonds is 4. The van der Waals surface area contributed by atoms with Crippen molar-refractivity contribution in [2.75, 3.05) is 18.0 Å². The van der Waals surface area contributed by atoms with Gasteiger partial charge in [-0.1, -0.05) is 55.5 Å². The lowest BCUT2D eigenvalue weighted by Gasteiger charge is -2.30. The SMILES string of the molecule is CCc1cnc(/C=C\c2cccc3ccccc23)cc1N1CCCCC1. The Morgan fingerprint density at radius 2 is 1.77 bits per heavy atom. The van der Waals surface area contributed by atoms with E-state index in [2.05, 4.69) is 83.7 Å². The number of hydrogen-bond acceptors (Lipinski definition) is 2. The van der Waals surface area contributed by atoms with Crippen molar-refractivity contribution in [1.82, 2.24) is 4.98 Å². The molecule has 1 saturated heterocycles. The number of benzene rings is 2.